The van der Waals surface area contributed by atoms with E-state index in [1.54, 1.807) is 30.1 Å². The molecule has 7 heteroatoms. The first-order valence-corrected chi connectivity index (χ1v) is 6.58. The molecule has 0 aliphatic heterocycles. The van der Waals surface area contributed by atoms with Crippen LogP contribution in [0.2, 0.25) is 0 Å². The van der Waals surface area contributed by atoms with Crippen LogP contribution in [0, 0.1) is 0 Å². The molecule has 0 bridgehead atoms. The maximum atomic E-state index is 12.2. The van der Waals surface area contributed by atoms with Gasteiger partial charge in [-0.2, -0.15) is 5.10 Å². The molecule has 0 aliphatic carbocycles. The normalized spacial score (nSPS) is 12.3. The van der Waals surface area contributed by atoms with Crippen LogP contribution in [0.5, 0.6) is 0 Å². The van der Waals surface area contributed by atoms with E-state index in [9.17, 15) is 9.90 Å². The van der Waals surface area contributed by atoms with Gasteiger partial charge in [-0.1, -0.05) is 0 Å². The first-order chi connectivity index (χ1) is 10.1. The summed E-state index contributed by atoms with van der Waals surface area (Å²) in [4.78, 5) is 13.6. The Balaban J connectivity index is 1.95. The Morgan fingerprint density at radius 1 is 1.57 bits per heavy atom. The molecular weight excluding hydrogens is 274 g/mol. The minimum absolute atomic E-state index is 0.181. The molecule has 21 heavy (non-hydrogen) atoms. The van der Waals surface area contributed by atoms with E-state index in [4.69, 9.17) is 9.15 Å². The highest BCUT2D eigenvalue weighted by molar-refractivity contribution is 5.91. The Hall–Kier alpha value is -2.12. The largest absolute Gasteiger partial charge is 0.454 e. The Bertz CT molecular complexity index is 565. The van der Waals surface area contributed by atoms with Crippen LogP contribution in [0.25, 0.3) is 0 Å². The lowest BCUT2D eigenvalue weighted by Gasteiger charge is -2.19. The number of aliphatic hydroxyl groups is 1. The number of carbonyl (C=O) groups is 1. The van der Waals surface area contributed by atoms with E-state index in [1.807, 2.05) is 12.3 Å². The molecule has 0 aliphatic rings. The summed E-state index contributed by atoms with van der Waals surface area (Å²) in [7, 11) is 3.11. The van der Waals surface area contributed by atoms with E-state index in [0.29, 0.717) is 12.3 Å². The highest BCUT2D eigenvalue weighted by Crippen LogP contribution is 2.11. The van der Waals surface area contributed by atoms with E-state index >= 15 is 0 Å². The van der Waals surface area contributed by atoms with Crippen molar-refractivity contribution in [3.63, 3.8) is 0 Å². The predicted octanol–water partition coefficient (Wildman–Crippen LogP) is 0.604. The van der Waals surface area contributed by atoms with Gasteiger partial charge in [0.05, 0.1) is 19.3 Å². The van der Waals surface area contributed by atoms with Gasteiger partial charge in [-0.05, 0) is 18.2 Å². The number of likely N-dealkylation sites (N-methyl/N-ethyl adjacent to an activating group) is 1. The minimum atomic E-state index is -0.720. The monoisotopic (exact) mass is 293 g/mol. The van der Waals surface area contributed by atoms with Gasteiger partial charge in [-0.15, -0.1) is 0 Å². The van der Waals surface area contributed by atoms with Crippen molar-refractivity contribution in [2.45, 2.75) is 12.6 Å². The molecule has 114 valence electrons. The lowest BCUT2D eigenvalue weighted by atomic mass is 10.3. The fourth-order valence-electron chi connectivity index (χ4n) is 1.96. The third-order valence-electron chi connectivity index (χ3n) is 2.94. The minimum Gasteiger partial charge on any atom is -0.454 e. The number of methoxy groups -OCH3 is 1. The second kappa shape index (κ2) is 7.05. The highest BCUT2D eigenvalue weighted by Gasteiger charge is 2.18. The molecule has 2 heterocycles. The van der Waals surface area contributed by atoms with Gasteiger partial charge in [0.15, 0.2) is 5.76 Å². The average molecular weight is 293 g/mol. The lowest BCUT2D eigenvalue weighted by molar-refractivity contribution is 0.0367. The Labute approximate surface area is 122 Å². The smallest absolute Gasteiger partial charge is 0.289 e. The molecule has 0 fully saturated rings. The van der Waals surface area contributed by atoms with Crippen molar-refractivity contribution in [1.29, 1.82) is 0 Å². The fourth-order valence-corrected chi connectivity index (χ4v) is 1.96. The Morgan fingerprint density at radius 3 is 3.05 bits per heavy atom. The summed E-state index contributed by atoms with van der Waals surface area (Å²) in [6.45, 7) is 0.832. The molecule has 2 rings (SSSR count). The molecule has 7 nitrogen and oxygen atoms in total. The number of aliphatic hydroxyl groups excluding tert-OH is 1. The van der Waals surface area contributed by atoms with Crippen LogP contribution in [-0.4, -0.2) is 59.1 Å². The number of nitrogens with zero attached hydrogens (tertiary/aromatic N) is 3. The number of carbonyl (C=O) groups excluding carboxylic acids is 1. The second-order valence-electron chi connectivity index (χ2n) is 4.76. The van der Waals surface area contributed by atoms with E-state index in [-0.39, 0.29) is 24.8 Å². The van der Waals surface area contributed by atoms with Gasteiger partial charge in [0.2, 0.25) is 0 Å². The quantitative estimate of drug-likeness (QED) is 0.808. The number of hydrogen-bond acceptors (Lipinski definition) is 5. The van der Waals surface area contributed by atoms with Crippen LogP contribution in [0.4, 0.5) is 0 Å². The molecular formula is C14H19N3O4. The summed E-state index contributed by atoms with van der Waals surface area (Å²) in [5.74, 6) is 0.606. The number of aromatic nitrogens is 2. The van der Waals surface area contributed by atoms with E-state index in [1.165, 1.54) is 12.0 Å². The third kappa shape index (κ3) is 4.17. The molecule has 2 aromatic rings. The van der Waals surface area contributed by atoms with Crippen molar-refractivity contribution >= 4 is 5.91 Å². The predicted molar refractivity (Wildman–Crippen MR) is 74.9 cm³/mol. The topological polar surface area (TPSA) is 80.7 Å². The second-order valence-corrected chi connectivity index (χ2v) is 4.76. The van der Waals surface area contributed by atoms with Crippen LogP contribution in [0.15, 0.2) is 35.0 Å². The summed E-state index contributed by atoms with van der Waals surface area (Å²) in [6, 6.07) is 5.19. The number of ether oxygens (including phenoxy) is 1. The SMILES string of the molecule is COCC(O)CN(C)C(=O)c1ccc(Cn2cccn2)o1. The third-order valence-corrected chi connectivity index (χ3v) is 2.94. The van der Waals surface area contributed by atoms with Crippen LogP contribution in [0.1, 0.15) is 16.3 Å². The number of amides is 1. The van der Waals surface area contributed by atoms with Crippen LogP contribution in [0.3, 0.4) is 0 Å². The van der Waals surface area contributed by atoms with Crippen molar-refractivity contribution in [2.75, 3.05) is 27.3 Å². The van der Waals surface area contributed by atoms with E-state index < -0.39 is 6.10 Å². The zero-order valence-corrected chi connectivity index (χ0v) is 12.1. The highest BCUT2D eigenvalue weighted by atomic mass is 16.5. The van der Waals surface area contributed by atoms with Crippen LogP contribution < -0.4 is 0 Å². The number of rotatable bonds is 7. The standard InChI is InChI=1S/C14H19N3O4/c1-16(8-11(18)10-20-2)14(19)13-5-4-12(21-13)9-17-7-3-6-15-17/h3-7,11,18H,8-10H2,1-2H3. The molecule has 1 amide bonds. The number of furan rings is 1. The maximum absolute atomic E-state index is 12.2. The van der Waals surface area contributed by atoms with Crippen LogP contribution >= 0.6 is 0 Å². The van der Waals surface area contributed by atoms with E-state index in [0.717, 1.165) is 0 Å². The molecule has 0 radical (unpaired) electrons. The Kier molecular flexibility index (Phi) is 5.13. The first-order valence-electron chi connectivity index (χ1n) is 6.58. The molecule has 0 saturated carbocycles. The molecule has 1 N–H and O–H groups in total. The molecule has 2 aromatic heterocycles. The van der Waals surface area contributed by atoms with Crippen molar-refractivity contribution in [3.8, 4) is 0 Å². The average Bonchev–Trinajstić information content (AvgIpc) is 3.10. The van der Waals surface area contributed by atoms with Gasteiger partial charge >= 0.3 is 0 Å². The number of hydrogen-bond donors (Lipinski definition) is 1. The van der Waals surface area contributed by atoms with Gasteiger partial charge < -0.3 is 19.2 Å². The van der Waals surface area contributed by atoms with Gasteiger partial charge in [0, 0.05) is 33.1 Å². The van der Waals surface area contributed by atoms with Crippen molar-refractivity contribution in [3.05, 3.63) is 42.1 Å². The zero-order valence-electron chi connectivity index (χ0n) is 12.1. The van der Waals surface area contributed by atoms with Crippen LogP contribution in [-0.2, 0) is 11.3 Å². The summed E-state index contributed by atoms with van der Waals surface area (Å²) in [5, 5.41) is 13.7. The van der Waals surface area contributed by atoms with Gasteiger partial charge in [-0.25, -0.2) is 0 Å². The first kappa shape index (κ1) is 15.3. The zero-order chi connectivity index (χ0) is 15.2. The molecule has 0 saturated heterocycles. The van der Waals surface area contributed by atoms with Gasteiger partial charge in [-0.3, -0.25) is 9.48 Å². The fraction of sp³-hybridized carbons (Fsp3) is 0.429. The van der Waals surface area contributed by atoms with Crippen molar-refractivity contribution in [2.24, 2.45) is 0 Å². The summed E-state index contributed by atoms with van der Waals surface area (Å²) in [6.07, 6.45) is 2.78. The lowest BCUT2D eigenvalue weighted by Crippen LogP contribution is -2.36. The van der Waals surface area contributed by atoms with Gasteiger partial charge in [0.1, 0.15) is 5.76 Å². The summed E-state index contributed by atoms with van der Waals surface area (Å²) in [5.41, 5.74) is 0. The summed E-state index contributed by atoms with van der Waals surface area (Å²) >= 11 is 0. The molecule has 0 aromatic carbocycles. The molecule has 1 unspecified atom stereocenters. The van der Waals surface area contributed by atoms with Crippen molar-refractivity contribution in [1.82, 2.24) is 14.7 Å². The molecule has 1 atom stereocenters. The van der Waals surface area contributed by atoms with Crippen molar-refractivity contribution < 1.29 is 19.1 Å². The molecule has 0 spiro atoms. The van der Waals surface area contributed by atoms with Gasteiger partial charge in [0.25, 0.3) is 5.91 Å². The summed E-state index contributed by atoms with van der Waals surface area (Å²) < 4.78 is 12.1. The Morgan fingerprint density at radius 2 is 2.38 bits per heavy atom. The van der Waals surface area contributed by atoms with E-state index in [2.05, 4.69) is 5.10 Å². The maximum Gasteiger partial charge on any atom is 0.289 e.